The van der Waals surface area contributed by atoms with Crippen LogP contribution in [0.15, 0.2) is 18.2 Å². The van der Waals surface area contributed by atoms with Gasteiger partial charge in [-0.2, -0.15) is 0 Å². The Labute approximate surface area is 130 Å². The molecule has 1 aromatic carbocycles. The number of benzene rings is 1. The molecule has 0 bridgehead atoms. The first-order valence-electron chi connectivity index (χ1n) is 7.23. The lowest BCUT2D eigenvalue weighted by molar-refractivity contribution is 0.318. The fourth-order valence-electron chi connectivity index (χ4n) is 2.27. The Morgan fingerprint density at radius 3 is 2.71 bits per heavy atom. The molecule has 1 atom stereocenters. The van der Waals surface area contributed by atoms with Gasteiger partial charge in [0.1, 0.15) is 5.75 Å². The largest absolute Gasteiger partial charge is 0.493 e. The molecule has 2 aromatic rings. The molecule has 0 radical (unpaired) electrons. The van der Waals surface area contributed by atoms with Gasteiger partial charge in [-0.05, 0) is 33.3 Å². The molecule has 2 rings (SSSR count). The summed E-state index contributed by atoms with van der Waals surface area (Å²) in [5, 5.41) is 4.57. The van der Waals surface area contributed by atoms with Crippen molar-refractivity contribution < 1.29 is 4.74 Å². The van der Waals surface area contributed by atoms with E-state index in [0.717, 1.165) is 28.6 Å². The van der Waals surface area contributed by atoms with Crippen molar-refractivity contribution in [3.8, 4) is 5.75 Å². The third-order valence-corrected chi connectivity index (χ3v) is 4.37. The molecule has 0 fully saturated rings. The quantitative estimate of drug-likeness (QED) is 0.781. The molecule has 0 amide bonds. The average Bonchev–Trinajstić information content (AvgIpc) is 2.75. The maximum atomic E-state index is 5.95. The number of aryl methyl sites for hydroxylation is 2. The molecule has 0 aliphatic carbocycles. The van der Waals surface area contributed by atoms with Crippen LogP contribution in [-0.2, 0) is 0 Å². The van der Waals surface area contributed by atoms with Crippen molar-refractivity contribution in [2.24, 2.45) is 0 Å². The average molecular weight is 305 g/mol. The highest BCUT2D eigenvalue weighted by Gasteiger charge is 2.13. The van der Waals surface area contributed by atoms with E-state index in [-0.39, 0.29) is 6.04 Å². The molecule has 1 aromatic heterocycles. The first kappa shape index (κ1) is 15.6. The number of hydrogen-bond donors (Lipinski definition) is 2. The third-order valence-electron chi connectivity index (χ3n) is 3.12. The Balaban J connectivity index is 2.14. The van der Waals surface area contributed by atoms with Crippen molar-refractivity contribution in [1.82, 2.24) is 4.98 Å². The van der Waals surface area contributed by atoms with Crippen molar-refractivity contribution in [2.75, 3.05) is 17.7 Å². The zero-order valence-electron chi connectivity index (χ0n) is 13.1. The summed E-state index contributed by atoms with van der Waals surface area (Å²) in [5.41, 5.74) is 8.71. The van der Waals surface area contributed by atoms with Crippen LogP contribution in [0.4, 0.5) is 11.4 Å². The SMILES string of the molecule is CCCOc1cc(N)cc(NC(C)c2sc(C)nc2C)c1. The lowest BCUT2D eigenvalue weighted by Gasteiger charge is -2.16. The van der Waals surface area contributed by atoms with Crippen LogP contribution >= 0.6 is 11.3 Å². The minimum Gasteiger partial charge on any atom is -0.493 e. The van der Waals surface area contributed by atoms with E-state index in [1.807, 2.05) is 32.0 Å². The second-order valence-corrected chi connectivity index (χ2v) is 6.42. The van der Waals surface area contributed by atoms with Crippen LogP contribution in [-0.4, -0.2) is 11.6 Å². The fraction of sp³-hybridized carbons (Fsp3) is 0.438. The molecule has 0 saturated heterocycles. The molecule has 0 aliphatic heterocycles. The van der Waals surface area contributed by atoms with E-state index in [9.17, 15) is 0 Å². The van der Waals surface area contributed by atoms with Gasteiger partial charge < -0.3 is 15.8 Å². The van der Waals surface area contributed by atoms with Crippen molar-refractivity contribution in [3.05, 3.63) is 33.8 Å². The van der Waals surface area contributed by atoms with E-state index in [4.69, 9.17) is 10.5 Å². The zero-order chi connectivity index (χ0) is 15.4. The summed E-state index contributed by atoms with van der Waals surface area (Å²) in [6, 6.07) is 5.97. The van der Waals surface area contributed by atoms with Gasteiger partial charge in [-0.15, -0.1) is 11.3 Å². The van der Waals surface area contributed by atoms with E-state index in [1.165, 1.54) is 4.88 Å². The molecule has 3 N–H and O–H groups in total. The molecule has 1 unspecified atom stereocenters. The minimum atomic E-state index is 0.192. The van der Waals surface area contributed by atoms with E-state index < -0.39 is 0 Å². The van der Waals surface area contributed by atoms with E-state index in [0.29, 0.717) is 12.3 Å². The van der Waals surface area contributed by atoms with Crippen LogP contribution in [0.5, 0.6) is 5.75 Å². The van der Waals surface area contributed by atoms with Crippen LogP contribution in [0.25, 0.3) is 0 Å². The van der Waals surface area contributed by atoms with E-state index >= 15 is 0 Å². The summed E-state index contributed by atoms with van der Waals surface area (Å²) in [4.78, 5) is 5.73. The van der Waals surface area contributed by atoms with Crippen LogP contribution in [0.1, 0.15) is 41.9 Å². The summed E-state index contributed by atoms with van der Waals surface area (Å²) < 4.78 is 5.66. The Bertz CT molecular complexity index is 610. The van der Waals surface area contributed by atoms with E-state index in [1.54, 1.807) is 11.3 Å². The van der Waals surface area contributed by atoms with Gasteiger partial charge in [0.25, 0.3) is 0 Å². The smallest absolute Gasteiger partial charge is 0.123 e. The molecule has 21 heavy (non-hydrogen) atoms. The minimum absolute atomic E-state index is 0.192. The van der Waals surface area contributed by atoms with Crippen LogP contribution in [0.2, 0.25) is 0 Å². The van der Waals surface area contributed by atoms with Crippen LogP contribution in [0, 0.1) is 13.8 Å². The predicted molar refractivity (Wildman–Crippen MR) is 90.3 cm³/mol. The van der Waals surface area contributed by atoms with Crippen molar-refractivity contribution in [2.45, 2.75) is 40.2 Å². The van der Waals surface area contributed by atoms with Gasteiger partial charge >= 0.3 is 0 Å². The number of anilines is 2. The molecular weight excluding hydrogens is 282 g/mol. The number of nitrogens with one attached hydrogen (secondary N) is 1. The number of aromatic nitrogens is 1. The second-order valence-electron chi connectivity index (χ2n) is 5.19. The summed E-state index contributed by atoms with van der Waals surface area (Å²) in [5.74, 6) is 0.809. The molecule has 0 spiro atoms. The number of nitrogens with zero attached hydrogens (tertiary/aromatic N) is 1. The number of ether oxygens (including phenoxy) is 1. The predicted octanol–water partition coefficient (Wildman–Crippen LogP) is 4.30. The van der Waals surface area contributed by atoms with E-state index in [2.05, 4.69) is 24.1 Å². The number of nitrogen functional groups attached to an aromatic ring is 1. The topological polar surface area (TPSA) is 60.2 Å². The second kappa shape index (κ2) is 6.80. The monoisotopic (exact) mass is 305 g/mol. The van der Waals surface area contributed by atoms with Crippen molar-refractivity contribution in [1.29, 1.82) is 0 Å². The Morgan fingerprint density at radius 2 is 2.10 bits per heavy atom. The molecular formula is C16H23N3OS. The van der Waals surface area contributed by atoms with Crippen molar-refractivity contribution in [3.63, 3.8) is 0 Å². The highest BCUT2D eigenvalue weighted by molar-refractivity contribution is 7.11. The highest BCUT2D eigenvalue weighted by Crippen LogP contribution is 2.30. The molecule has 114 valence electrons. The molecule has 5 heteroatoms. The normalized spacial score (nSPS) is 12.2. The lowest BCUT2D eigenvalue weighted by atomic mass is 10.2. The lowest BCUT2D eigenvalue weighted by Crippen LogP contribution is -2.07. The standard InChI is InChI=1S/C16H23N3OS/c1-5-6-20-15-8-13(17)7-14(9-15)19-11(3)16-10(2)18-12(4)21-16/h7-9,11,19H,5-6,17H2,1-4H3. The summed E-state index contributed by atoms with van der Waals surface area (Å²) in [6.45, 7) is 9.00. The van der Waals surface area contributed by atoms with Gasteiger partial charge in [0, 0.05) is 28.4 Å². The Morgan fingerprint density at radius 1 is 1.33 bits per heavy atom. The first-order chi connectivity index (χ1) is 9.99. The summed E-state index contributed by atoms with van der Waals surface area (Å²) in [7, 11) is 0. The Kier molecular flexibility index (Phi) is 5.07. The van der Waals surface area contributed by atoms with Gasteiger partial charge in [-0.25, -0.2) is 4.98 Å². The van der Waals surface area contributed by atoms with Gasteiger partial charge in [0.05, 0.1) is 23.4 Å². The molecule has 0 saturated carbocycles. The molecule has 1 heterocycles. The maximum absolute atomic E-state index is 5.95. The maximum Gasteiger partial charge on any atom is 0.123 e. The fourth-order valence-corrected chi connectivity index (χ4v) is 3.20. The number of thiazole rings is 1. The van der Waals surface area contributed by atoms with Gasteiger partial charge in [-0.3, -0.25) is 0 Å². The zero-order valence-corrected chi connectivity index (χ0v) is 13.9. The molecule has 4 nitrogen and oxygen atoms in total. The van der Waals surface area contributed by atoms with Gasteiger partial charge in [-0.1, -0.05) is 6.92 Å². The summed E-state index contributed by atoms with van der Waals surface area (Å²) >= 11 is 1.73. The molecule has 0 aliphatic rings. The van der Waals surface area contributed by atoms with Gasteiger partial charge in [0.15, 0.2) is 0 Å². The summed E-state index contributed by atoms with van der Waals surface area (Å²) in [6.07, 6.45) is 0.979. The Hall–Kier alpha value is -1.75. The van der Waals surface area contributed by atoms with Gasteiger partial charge in [0.2, 0.25) is 0 Å². The third kappa shape index (κ3) is 4.11. The first-order valence-corrected chi connectivity index (χ1v) is 8.05. The number of hydrogen-bond acceptors (Lipinski definition) is 5. The highest BCUT2D eigenvalue weighted by atomic mass is 32.1. The van der Waals surface area contributed by atoms with Crippen LogP contribution in [0.3, 0.4) is 0 Å². The number of nitrogens with two attached hydrogens (primary N) is 1. The van der Waals surface area contributed by atoms with Crippen LogP contribution < -0.4 is 15.8 Å². The number of rotatable bonds is 6. The van der Waals surface area contributed by atoms with Crippen molar-refractivity contribution >= 4 is 22.7 Å².